The third-order valence-corrected chi connectivity index (χ3v) is 5.26. The smallest absolute Gasteiger partial charge is 0.340 e. The van der Waals surface area contributed by atoms with E-state index in [9.17, 15) is 14.4 Å². The maximum atomic E-state index is 12.7. The summed E-state index contributed by atoms with van der Waals surface area (Å²) in [6, 6.07) is 14.9. The summed E-state index contributed by atoms with van der Waals surface area (Å²) in [7, 11) is 1.34. The standard InChI is InChI=1S/C23H23N3O4/c1-30-23(29)19-14-26(20-9-3-2-8-18(19)20)15-21(27)24-17-7-4-6-16(12-17)13-25-11-5-10-22(25)28/h2-4,6-9,12,14H,5,10-11,13,15H2,1H3,(H,24,27). The Bertz CT molecular complexity index is 1120. The minimum absolute atomic E-state index is 0.0619. The molecule has 7 nitrogen and oxygen atoms in total. The predicted octanol–water partition coefficient (Wildman–Crippen LogP) is 3.19. The van der Waals surface area contributed by atoms with E-state index in [1.165, 1.54) is 7.11 Å². The van der Waals surface area contributed by atoms with Gasteiger partial charge >= 0.3 is 5.97 Å². The van der Waals surface area contributed by atoms with Crippen LogP contribution in [0.1, 0.15) is 28.8 Å². The number of carbonyl (C=O) groups excluding carboxylic acids is 3. The van der Waals surface area contributed by atoms with Gasteiger partial charge in [-0.05, 0) is 30.2 Å². The normalized spacial score (nSPS) is 13.6. The Morgan fingerprint density at radius 1 is 1.13 bits per heavy atom. The van der Waals surface area contributed by atoms with E-state index in [0.717, 1.165) is 29.4 Å². The molecular weight excluding hydrogens is 382 g/mol. The Morgan fingerprint density at radius 2 is 1.97 bits per heavy atom. The molecule has 0 spiro atoms. The van der Waals surface area contributed by atoms with Gasteiger partial charge in [0.1, 0.15) is 6.54 Å². The lowest BCUT2D eigenvalue weighted by Gasteiger charge is -2.16. The maximum Gasteiger partial charge on any atom is 0.340 e. The largest absolute Gasteiger partial charge is 0.465 e. The number of fused-ring (bicyclic) bond motifs is 1. The molecule has 0 unspecified atom stereocenters. The van der Waals surface area contributed by atoms with Crippen LogP contribution in [0.15, 0.2) is 54.7 Å². The molecule has 2 aromatic carbocycles. The summed E-state index contributed by atoms with van der Waals surface area (Å²) in [6.45, 7) is 1.39. The van der Waals surface area contributed by atoms with Gasteiger partial charge in [-0.3, -0.25) is 9.59 Å². The van der Waals surface area contributed by atoms with Crippen molar-refractivity contribution in [1.29, 1.82) is 0 Å². The monoisotopic (exact) mass is 405 g/mol. The molecule has 1 aliphatic rings. The molecule has 1 aromatic heterocycles. The van der Waals surface area contributed by atoms with Gasteiger partial charge in [-0.15, -0.1) is 0 Å². The number of ether oxygens (including phenoxy) is 1. The topological polar surface area (TPSA) is 80.6 Å². The zero-order chi connectivity index (χ0) is 21.1. The number of methoxy groups -OCH3 is 1. The van der Waals surface area contributed by atoms with Crippen molar-refractivity contribution in [3.63, 3.8) is 0 Å². The van der Waals surface area contributed by atoms with Crippen molar-refractivity contribution < 1.29 is 19.1 Å². The van der Waals surface area contributed by atoms with Crippen LogP contribution in [0, 0.1) is 0 Å². The van der Waals surface area contributed by atoms with Crippen LogP contribution in [0.25, 0.3) is 10.9 Å². The number of esters is 1. The van der Waals surface area contributed by atoms with Crippen molar-refractivity contribution in [3.05, 3.63) is 65.9 Å². The number of para-hydroxylation sites is 1. The zero-order valence-corrected chi connectivity index (χ0v) is 16.8. The van der Waals surface area contributed by atoms with Crippen LogP contribution in [-0.2, 0) is 27.4 Å². The molecule has 2 heterocycles. The summed E-state index contributed by atoms with van der Waals surface area (Å²) in [5.41, 5.74) is 2.86. The van der Waals surface area contributed by atoms with E-state index >= 15 is 0 Å². The number of nitrogens with zero attached hydrogens (tertiary/aromatic N) is 2. The van der Waals surface area contributed by atoms with Gasteiger partial charge in [-0.2, -0.15) is 0 Å². The third-order valence-electron chi connectivity index (χ3n) is 5.26. The highest BCUT2D eigenvalue weighted by molar-refractivity contribution is 6.05. The van der Waals surface area contributed by atoms with Crippen molar-refractivity contribution in [3.8, 4) is 0 Å². The lowest BCUT2D eigenvalue weighted by molar-refractivity contribution is -0.128. The number of nitrogens with one attached hydrogen (secondary N) is 1. The molecule has 3 aromatic rings. The van der Waals surface area contributed by atoms with Gasteiger partial charge in [0.05, 0.1) is 12.7 Å². The first-order valence-corrected chi connectivity index (χ1v) is 9.88. The predicted molar refractivity (Wildman–Crippen MR) is 113 cm³/mol. The minimum atomic E-state index is -0.436. The van der Waals surface area contributed by atoms with Crippen LogP contribution < -0.4 is 5.32 Å². The quantitative estimate of drug-likeness (QED) is 0.639. The van der Waals surface area contributed by atoms with E-state index in [2.05, 4.69) is 5.32 Å². The first-order chi connectivity index (χ1) is 14.5. The highest BCUT2D eigenvalue weighted by atomic mass is 16.5. The molecule has 1 N–H and O–H groups in total. The average Bonchev–Trinajstić information content (AvgIpc) is 3.31. The fourth-order valence-corrected chi connectivity index (χ4v) is 3.84. The van der Waals surface area contributed by atoms with Crippen LogP contribution in [0.3, 0.4) is 0 Å². The molecule has 1 aliphatic heterocycles. The van der Waals surface area contributed by atoms with E-state index in [1.807, 2.05) is 53.4 Å². The molecule has 2 amide bonds. The lowest BCUT2D eigenvalue weighted by Crippen LogP contribution is -2.24. The van der Waals surface area contributed by atoms with Gasteiger partial charge < -0.3 is 19.5 Å². The van der Waals surface area contributed by atoms with Gasteiger partial charge in [-0.25, -0.2) is 4.79 Å². The first-order valence-electron chi connectivity index (χ1n) is 9.88. The maximum absolute atomic E-state index is 12.7. The molecule has 0 radical (unpaired) electrons. The molecule has 30 heavy (non-hydrogen) atoms. The second-order valence-corrected chi connectivity index (χ2v) is 7.35. The third kappa shape index (κ3) is 4.05. The summed E-state index contributed by atoms with van der Waals surface area (Å²) in [6.07, 6.45) is 3.15. The summed E-state index contributed by atoms with van der Waals surface area (Å²) in [5.74, 6) is -0.471. The molecule has 1 fully saturated rings. The van der Waals surface area contributed by atoms with Gasteiger partial charge in [0.15, 0.2) is 0 Å². The van der Waals surface area contributed by atoms with Crippen LogP contribution in [0.4, 0.5) is 5.69 Å². The lowest BCUT2D eigenvalue weighted by atomic mass is 10.2. The van der Waals surface area contributed by atoms with Crippen LogP contribution in [-0.4, -0.2) is 40.9 Å². The fourth-order valence-electron chi connectivity index (χ4n) is 3.84. The van der Waals surface area contributed by atoms with Crippen molar-refractivity contribution in [2.45, 2.75) is 25.9 Å². The Labute approximate surface area is 174 Å². The van der Waals surface area contributed by atoms with E-state index in [-0.39, 0.29) is 18.4 Å². The molecule has 4 rings (SSSR count). The SMILES string of the molecule is COC(=O)c1cn(CC(=O)Nc2cccc(CN3CCCC3=O)c2)c2ccccc12. The molecule has 0 saturated carbocycles. The number of benzene rings is 2. The van der Waals surface area contributed by atoms with E-state index in [0.29, 0.717) is 24.2 Å². The molecule has 1 saturated heterocycles. The number of carbonyl (C=O) groups is 3. The highest BCUT2D eigenvalue weighted by Crippen LogP contribution is 2.22. The average molecular weight is 405 g/mol. The Hall–Kier alpha value is -3.61. The van der Waals surface area contributed by atoms with Crippen LogP contribution in [0.2, 0.25) is 0 Å². The number of amides is 2. The van der Waals surface area contributed by atoms with E-state index in [1.54, 1.807) is 10.8 Å². The second-order valence-electron chi connectivity index (χ2n) is 7.35. The first kappa shape index (κ1) is 19.7. The zero-order valence-electron chi connectivity index (χ0n) is 16.8. The molecule has 0 atom stereocenters. The van der Waals surface area contributed by atoms with Gasteiger partial charge in [0, 0.05) is 42.3 Å². The number of anilines is 1. The Kier molecular flexibility index (Phi) is 5.52. The van der Waals surface area contributed by atoms with Crippen LogP contribution in [0.5, 0.6) is 0 Å². The van der Waals surface area contributed by atoms with E-state index < -0.39 is 5.97 Å². The molecule has 154 valence electrons. The number of rotatable bonds is 6. The van der Waals surface area contributed by atoms with Crippen LogP contribution >= 0.6 is 0 Å². The van der Waals surface area contributed by atoms with Crippen molar-refractivity contribution >= 4 is 34.4 Å². The number of aromatic nitrogens is 1. The van der Waals surface area contributed by atoms with Gasteiger partial charge in [0.2, 0.25) is 11.8 Å². The summed E-state index contributed by atoms with van der Waals surface area (Å²) in [4.78, 5) is 38.4. The second kappa shape index (κ2) is 8.41. The molecule has 7 heteroatoms. The Balaban J connectivity index is 1.48. The molecule has 0 aliphatic carbocycles. The number of hydrogen-bond acceptors (Lipinski definition) is 4. The van der Waals surface area contributed by atoms with Crippen molar-refractivity contribution in [2.75, 3.05) is 19.0 Å². The van der Waals surface area contributed by atoms with E-state index in [4.69, 9.17) is 4.74 Å². The van der Waals surface area contributed by atoms with Gasteiger partial charge in [0.25, 0.3) is 0 Å². The number of hydrogen-bond donors (Lipinski definition) is 1. The van der Waals surface area contributed by atoms with Crippen molar-refractivity contribution in [2.24, 2.45) is 0 Å². The molecule has 0 bridgehead atoms. The van der Waals surface area contributed by atoms with Gasteiger partial charge in [-0.1, -0.05) is 30.3 Å². The molecular formula is C23H23N3O4. The highest BCUT2D eigenvalue weighted by Gasteiger charge is 2.20. The summed E-state index contributed by atoms with van der Waals surface area (Å²) in [5, 5.41) is 3.65. The fraction of sp³-hybridized carbons (Fsp3) is 0.261. The van der Waals surface area contributed by atoms with Crippen molar-refractivity contribution in [1.82, 2.24) is 9.47 Å². The summed E-state index contributed by atoms with van der Waals surface area (Å²) >= 11 is 0. The summed E-state index contributed by atoms with van der Waals surface area (Å²) < 4.78 is 6.59. The minimum Gasteiger partial charge on any atom is -0.465 e. The Morgan fingerprint density at radius 3 is 2.73 bits per heavy atom. The number of likely N-dealkylation sites (tertiary alicyclic amines) is 1.